The lowest BCUT2D eigenvalue weighted by molar-refractivity contribution is 0.350. The lowest BCUT2D eigenvalue weighted by Gasteiger charge is -2.22. The first-order valence-electron chi connectivity index (χ1n) is 11.0. The third kappa shape index (κ3) is 6.75. The average molecular weight is 455 g/mol. The SMILES string of the molecule is C.Fc1cccc(CNc2cccc(-c3cc(CCC[C@@H]4CCCNC4)ncc3Cl)n2)c1. The largest absolute Gasteiger partial charge is 0.366 e. The van der Waals surface area contributed by atoms with E-state index in [4.69, 9.17) is 16.6 Å². The highest BCUT2D eigenvalue weighted by Gasteiger charge is 2.13. The monoisotopic (exact) mass is 454 g/mol. The second kappa shape index (κ2) is 11.9. The topological polar surface area (TPSA) is 49.8 Å². The number of aryl methyl sites for hydroxylation is 1. The Morgan fingerprint density at radius 1 is 1.16 bits per heavy atom. The Balaban J connectivity index is 0.00000289. The summed E-state index contributed by atoms with van der Waals surface area (Å²) in [5, 5.41) is 7.34. The highest BCUT2D eigenvalue weighted by atomic mass is 35.5. The van der Waals surface area contributed by atoms with Gasteiger partial charge in [-0.1, -0.05) is 37.2 Å². The highest BCUT2D eigenvalue weighted by Crippen LogP contribution is 2.28. The van der Waals surface area contributed by atoms with E-state index in [-0.39, 0.29) is 13.2 Å². The van der Waals surface area contributed by atoms with Crippen molar-refractivity contribution in [2.24, 2.45) is 5.92 Å². The van der Waals surface area contributed by atoms with E-state index in [9.17, 15) is 4.39 Å². The van der Waals surface area contributed by atoms with Gasteiger partial charge in [-0.05, 0) is 87.0 Å². The van der Waals surface area contributed by atoms with Crippen LogP contribution >= 0.6 is 11.6 Å². The summed E-state index contributed by atoms with van der Waals surface area (Å²) in [6.07, 6.45) is 7.63. The van der Waals surface area contributed by atoms with E-state index >= 15 is 0 Å². The van der Waals surface area contributed by atoms with Gasteiger partial charge in [-0.2, -0.15) is 0 Å². The third-order valence-corrected chi connectivity index (χ3v) is 6.05. The molecule has 1 aromatic carbocycles. The van der Waals surface area contributed by atoms with Gasteiger partial charge in [0, 0.05) is 24.0 Å². The van der Waals surface area contributed by atoms with Crippen LogP contribution in [0.15, 0.2) is 54.7 Å². The molecule has 170 valence electrons. The number of nitrogens with zero attached hydrogens (tertiary/aromatic N) is 2. The van der Waals surface area contributed by atoms with Gasteiger partial charge in [0.1, 0.15) is 11.6 Å². The Morgan fingerprint density at radius 3 is 2.84 bits per heavy atom. The van der Waals surface area contributed by atoms with E-state index in [1.165, 1.54) is 31.4 Å². The summed E-state index contributed by atoms with van der Waals surface area (Å²) in [6, 6.07) is 14.4. The Morgan fingerprint density at radius 2 is 2.03 bits per heavy atom. The van der Waals surface area contributed by atoms with Gasteiger partial charge >= 0.3 is 0 Å². The first-order chi connectivity index (χ1) is 15.2. The van der Waals surface area contributed by atoms with E-state index in [1.807, 2.05) is 24.3 Å². The van der Waals surface area contributed by atoms with E-state index in [0.717, 1.165) is 60.2 Å². The zero-order valence-electron chi connectivity index (χ0n) is 17.6. The lowest BCUT2D eigenvalue weighted by atomic mass is 9.93. The molecule has 0 amide bonds. The van der Waals surface area contributed by atoms with Crippen LogP contribution in [0.1, 0.15) is 44.4 Å². The number of anilines is 1. The number of hydrogen-bond acceptors (Lipinski definition) is 4. The number of aromatic nitrogens is 2. The normalized spacial score (nSPS) is 15.8. The molecule has 1 aliphatic heterocycles. The number of halogens is 2. The predicted molar refractivity (Wildman–Crippen MR) is 131 cm³/mol. The van der Waals surface area contributed by atoms with Gasteiger partial charge in [-0.3, -0.25) is 4.98 Å². The van der Waals surface area contributed by atoms with Gasteiger partial charge in [0.25, 0.3) is 0 Å². The third-order valence-electron chi connectivity index (χ3n) is 5.74. The van der Waals surface area contributed by atoms with Gasteiger partial charge in [0.15, 0.2) is 0 Å². The maximum atomic E-state index is 13.4. The molecule has 32 heavy (non-hydrogen) atoms. The van der Waals surface area contributed by atoms with E-state index in [2.05, 4.69) is 21.7 Å². The minimum Gasteiger partial charge on any atom is -0.366 e. The van der Waals surface area contributed by atoms with Crippen LogP contribution in [0.5, 0.6) is 0 Å². The maximum Gasteiger partial charge on any atom is 0.126 e. The summed E-state index contributed by atoms with van der Waals surface area (Å²) in [6.45, 7) is 2.79. The first kappa shape index (κ1) is 24.1. The fourth-order valence-electron chi connectivity index (χ4n) is 4.08. The number of piperidine rings is 1. The van der Waals surface area contributed by atoms with Crippen molar-refractivity contribution in [3.8, 4) is 11.3 Å². The maximum absolute atomic E-state index is 13.4. The number of nitrogens with one attached hydrogen (secondary N) is 2. The zero-order valence-corrected chi connectivity index (χ0v) is 18.3. The average Bonchev–Trinajstić information content (AvgIpc) is 2.80. The van der Waals surface area contributed by atoms with Crippen LogP contribution in [0, 0.1) is 11.7 Å². The molecule has 1 aliphatic rings. The fourth-order valence-corrected chi connectivity index (χ4v) is 4.28. The summed E-state index contributed by atoms with van der Waals surface area (Å²) in [5.74, 6) is 1.26. The quantitative estimate of drug-likeness (QED) is 0.407. The van der Waals surface area contributed by atoms with Gasteiger partial charge in [0.05, 0.1) is 10.7 Å². The van der Waals surface area contributed by atoms with Gasteiger partial charge < -0.3 is 10.6 Å². The van der Waals surface area contributed by atoms with Crippen molar-refractivity contribution in [3.05, 3.63) is 76.8 Å². The molecule has 6 heteroatoms. The van der Waals surface area contributed by atoms with Crippen LogP contribution in [0.2, 0.25) is 5.02 Å². The summed E-state index contributed by atoms with van der Waals surface area (Å²) in [4.78, 5) is 9.24. The predicted octanol–water partition coefficient (Wildman–Crippen LogP) is 6.51. The van der Waals surface area contributed by atoms with Crippen molar-refractivity contribution in [3.63, 3.8) is 0 Å². The van der Waals surface area contributed by atoms with Crippen LogP contribution in [-0.4, -0.2) is 23.1 Å². The molecule has 1 atom stereocenters. The van der Waals surface area contributed by atoms with Crippen molar-refractivity contribution < 1.29 is 4.39 Å². The van der Waals surface area contributed by atoms with Crippen LogP contribution in [0.25, 0.3) is 11.3 Å². The summed E-state index contributed by atoms with van der Waals surface area (Å²) >= 11 is 6.46. The van der Waals surface area contributed by atoms with Crippen LogP contribution in [-0.2, 0) is 13.0 Å². The van der Waals surface area contributed by atoms with E-state index < -0.39 is 0 Å². The Hall–Kier alpha value is -2.50. The van der Waals surface area contributed by atoms with Crippen molar-refractivity contribution in [2.75, 3.05) is 18.4 Å². The molecule has 3 aromatic rings. The Labute approximate surface area is 195 Å². The molecule has 3 heterocycles. The van der Waals surface area contributed by atoms with Gasteiger partial charge in [-0.15, -0.1) is 0 Å². The van der Waals surface area contributed by atoms with E-state index in [0.29, 0.717) is 11.6 Å². The fraction of sp³-hybridized carbons (Fsp3) is 0.385. The zero-order chi connectivity index (χ0) is 21.5. The molecule has 4 rings (SSSR count). The van der Waals surface area contributed by atoms with Gasteiger partial charge in [0.2, 0.25) is 0 Å². The van der Waals surface area contributed by atoms with Crippen LogP contribution in [0.3, 0.4) is 0 Å². The van der Waals surface area contributed by atoms with Gasteiger partial charge in [-0.25, -0.2) is 9.37 Å². The number of rotatable bonds is 8. The Kier molecular flexibility index (Phi) is 9.00. The molecule has 0 spiro atoms. The van der Waals surface area contributed by atoms with Crippen molar-refractivity contribution in [1.29, 1.82) is 0 Å². The molecule has 0 aliphatic carbocycles. The molecule has 1 saturated heterocycles. The van der Waals surface area contributed by atoms with Crippen molar-refractivity contribution >= 4 is 17.4 Å². The molecular formula is C26H32ClFN4. The molecular weight excluding hydrogens is 423 g/mol. The Bertz CT molecular complexity index is 1000. The molecule has 0 saturated carbocycles. The minimum atomic E-state index is -0.239. The summed E-state index contributed by atoms with van der Waals surface area (Å²) in [7, 11) is 0. The highest BCUT2D eigenvalue weighted by molar-refractivity contribution is 6.33. The summed E-state index contributed by atoms with van der Waals surface area (Å²) in [5.41, 5.74) is 3.60. The number of hydrogen-bond donors (Lipinski definition) is 2. The second-order valence-electron chi connectivity index (χ2n) is 8.15. The molecule has 1 fully saturated rings. The van der Waals surface area contributed by atoms with Crippen molar-refractivity contribution in [1.82, 2.24) is 15.3 Å². The molecule has 0 bridgehead atoms. The molecule has 0 radical (unpaired) electrons. The smallest absolute Gasteiger partial charge is 0.126 e. The summed E-state index contributed by atoms with van der Waals surface area (Å²) < 4.78 is 13.4. The number of pyridine rings is 2. The minimum absolute atomic E-state index is 0. The van der Waals surface area contributed by atoms with E-state index in [1.54, 1.807) is 12.3 Å². The lowest BCUT2D eigenvalue weighted by Crippen LogP contribution is -2.29. The first-order valence-corrected chi connectivity index (χ1v) is 11.4. The number of benzene rings is 1. The molecule has 2 N–H and O–H groups in total. The van der Waals surface area contributed by atoms with Crippen LogP contribution in [0.4, 0.5) is 10.2 Å². The van der Waals surface area contributed by atoms with Crippen molar-refractivity contribution in [2.45, 2.75) is 46.1 Å². The molecule has 4 nitrogen and oxygen atoms in total. The van der Waals surface area contributed by atoms with Crippen LogP contribution < -0.4 is 10.6 Å². The molecule has 0 unspecified atom stereocenters. The second-order valence-corrected chi connectivity index (χ2v) is 8.56. The standard InChI is InChI=1S/C25H28ClFN4.CH4/c26-23-17-29-21(9-2-5-18-7-4-12-28-15-18)14-22(23)24-10-3-11-25(31-24)30-16-19-6-1-8-20(27)13-19;/h1,3,6,8,10-11,13-14,17-18,28H,2,4-5,7,9,12,15-16H2,(H,30,31);1H4/t18-;/m1./s1. The molecule has 2 aromatic heterocycles.